The quantitative estimate of drug-likeness (QED) is 0.460. The zero-order valence-corrected chi connectivity index (χ0v) is 18.6. The maximum Gasteiger partial charge on any atom is 0.433 e. The fraction of sp³-hybridized carbons (Fsp3) is 0.391. The van der Waals surface area contributed by atoms with Crippen LogP contribution in [0.5, 0.6) is 0 Å². The summed E-state index contributed by atoms with van der Waals surface area (Å²) >= 11 is 0. The van der Waals surface area contributed by atoms with Gasteiger partial charge in [0.1, 0.15) is 11.3 Å². The van der Waals surface area contributed by atoms with Crippen LogP contribution in [0.4, 0.5) is 13.2 Å². The minimum absolute atomic E-state index is 0.0522. The van der Waals surface area contributed by atoms with Crippen LogP contribution < -0.4 is 11.3 Å². The largest absolute Gasteiger partial charge is 0.433 e. The number of nitrogens with zero attached hydrogens (tertiary/aromatic N) is 4. The Bertz CT molecular complexity index is 1410. The standard InChI is InChI=1S/C23H23F3N6O2/c1-11-8-9-14(15(27)10-11)20-29-30-21(34-20)16-12(2)28-19-17(13-6-4-3-5-7-13)18(23(24,25)26)31-32(19)22(16)33/h3-7,11,14-15,31H,8-10,27H2,1-2H3. The van der Waals surface area contributed by atoms with Gasteiger partial charge >= 0.3 is 6.18 Å². The molecule has 0 aliphatic heterocycles. The summed E-state index contributed by atoms with van der Waals surface area (Å²) in [5.74, 6) is 0.603. The Balaban J connectivity index is 1.65. The van der Waals surface area contributed by atoms with Gasteiger partial charge in [0.05, 0.1) is 17.2 Å². The van der Waals surface area contributed by atoms with Crippen LogP contribution in [0.1, 0.15) is 49.4 Å². The highest BCUT2D eigenvalue weighted by molar-refractivity contribution is 5.81. The number of benzene rings is 1. The summed E-state index contributed by atoms with van der Waals surface area (Å²) in [6.07, 6.45) is -2.16. The smallest absolute Gasteiger partial charge is 0.420 e. The van der Waals surface area contributed by atoms with Gasteiger partial charge in [0.15, 0.2) is 5.65 Å². The molecule has 1 fully saturated rings. The average Bonchev–Trinajstić information content (AvgIpc) is 3.40. The van der Waals surface area contributed by atoms with E-state index in [1.54, 1.807) is 18.2 Å². The molecule has 3 heterocycles. The van der Waals surface area contributed by atoms with Crippen molar-refractivity contribution in [1.82, 2.24) is 24.8 Å². The molecule has 8 nitrogen and oxygen atoms in total. The van der Waals surface area contributed by atoms with E-state index in [2.05, 4.69) is 27.2 Å². The van der Waals surface area contributed by atoms with Crippen molar-refractivity contribution in [1.29, 1.82) is 0 Å². The van der Waals surface area contributed by atoms with E-state index in [9.17, 15) is 18.0 Å². The van der Waals surface area contributed by atoms with Crippen molar-refractivity contribution in [3.63, 3.8) is 0 Å². The molecule has 1 aromatic carbocycles. The Labute approximate surface area is 192 Å². The lowest BCUT2D eigenvalue weighted by Gasteiger charge is -2.29. The summed E-state index contributed by atoms with van der Waals surface area (Å²) in [7, 11) is 0. The summed E-state index contributed by atoms with van der Waals surface area (Å²) < 4.78 is 48.2. The van der Waals surface area contributed by atoms with Crippen LogP contribution in [0, 0.1) is 12.8 Å². The maximum atomic E-state index is 13.9. The second-order valence-corrected chi connectivity index (χ2v) is 8.90. The number of fused-ring (bicyclic) bond motifs is 1. The number of rotatable bonds is 3. The predicted molar refractivity (Wildman–Crippen MR) is 118 cm³/mol. The van der Waals surface area contributed by atoms with Crippen molar-refractivity contribution in [2.75, 3.05) is 0 Å². The number of aryl methyl sites for hydroxylation is 1. The number of aromatic nitrogens is 5. The summed E-state index contributed by atoms with van der Waals surface area (Å²) in [5.41, 5.74) is 4.55. The number of hydrogen-bond acceptors (Lipinski definition) is 6. The van der Waals surface area contributed by atoms with E-state index in [1.807, 2.05) is 0 Å². The van der Waals surface area contributed by atoms with Crippen LogP contribution >= 0.6 is 0 Å². The Morgan fingerprint density at radius 1 is 1.15 bits per heavy atom. The first kappa shape index (κ1) is 22.3. The van der Waals surface area contributed by atoms with Crippen molar-refractivity contribution in [3.8, 4) is 22.6 Å². The fourth-order valence-corrected chi connectivity index (χ4v) is 4.72. The third-order valence-corrected chi connectivity index (χ3v) is 6.44. The lowest BCUT2D eigenvalue weighted by Crippen LogP contribution is -2.34. The van der Waals surface area contributed by atoms with E-state index < -0.39 is 17.4 Å². The van der Waals surface area contributed by atoms with E-state index in [0.29, 0.717) is 11.8 Å². The normalized spacial score (nSPS) is 21.3. The fourth-order valence-electron chi connectivity index (χ4n) is 4.72. The average molecular weight is 472 g/mol. The van der Waals surface area contributed by atoms with Crippen molar-refractivity contribution in [2.24, 2.45) is 11.7 Å². The van der Waals surface area contributed by atoms with Crippen molar-refractivity contribution in [3.05, 3.63) is 58.0 Å². The Kier molecular flexibility index (Phi) is 5.31. The minimum atomic E-state index is -4.73. The van der Waals surface area contributed by atoms with Gasteiger partial charge in [-0.25, -0.2) is 4.98 Å². The second kappa shape index (κ2) is 8.08. The van der Waals surface area contributed by atoms with Gasteiger partial charge in [-0.2, -0.15) is 17.7 Å². The van der Waals surface area contributed by atoms with E-state index in [0.717, 1.165) is 23.8 Å². The zero-order chi connectivity index (χ0) is 24.2. The molecule has 11 heteroatoms. The number of H-pyrrole nitrogens is 1. The molecule has 3 unspecified atom stereocenters. The number of halogens is 3. The van der Waals surface area contributed by atoms with E-state index in [4.69, 9.17) is 10.2 Å². The minimum Gasteiger partial charge on any atom is -0.420 e. The number of alkyl halides is 3. The first-order chi connectivity index (χ1) is 16.1. The number of hydrogen-bond donors (Lipinski definition) is 2. The second-order valence-electron chi connectivity index (χ2n) is 8.90. The van der Waals surface area contributed by atoms with Crippen molar-refractivity contribution < 1.29 is 17.6 Å². The van der Waals surface area contributed by atoms with E-state index in [1.165, 1.54) is 19.1 Å². The molecule has 34 heavy (non-hydrogen) atoms. The van der Waals surface area contributed by atoms with Gasteiger partial charge in [-0.15, -0.1) is 10.2 Å². The highest BCUT2D eigenvalue weighted by Crippen LogP contribution is 2.39. The molecule has 178 valence electrons. The van der Waals surface area contributed by atoms with Gasteiger partial charge < -0.3 is 10.2 Å². The van der Waals surface area contributed by atoms with Gasteiger partial charge in [-0.1, -0.05) is 37.3 Å². The molecule has 1 aliphatic rings. The molecule has 0 saturated heterocycles. The molecule has 3 atom stereocenters. The van der Waals surface area contributed by atoms with Crippen LogP contribution in [-0.2, 0) is 6.18 Å². The highest BCUT2D eigenvalue weighted by atomic mass is 19.4. The van der Waals surface area contributed by atoms with Gasteiger partial charge in [0.25, 0.3) is 11.4 Å². The lowest BCUT2D eigenvalue weighted by atomic mass is 9.79. The first-order valence-electron chi connectivity index (χ1n) is 11.0. The van der Waals surface area contributed by atoms with Crippen LogP contribution in [0.3, 0.4) is 0 Å². The van der Waals surface area contributed by atoms with E-state index >= 15 is 0 Å². The molecule has 0 bridgehead atoms. The van der Waals surface area contributed by atoms with Crippen LogP contribution in [-0.4, -0.2) is 30.8 Å². The molecule has 1 saturated carbocycles. The van der Waals surface area contributed by atoms with Crippen LogP contribution in [0.2, 0.25) is 0 Å². The molecule has 4 aromatic rings. The maximum absolute atomic E-state index is 13.9. The predicted octanol–water partition coefficient (Wildman–Crippen LogP) is 4.30. The monoisotopic (exact) mass is 472 g/mol. The summed E-state index contributed by atoms with van der Waals surface area (Å²) in [6, 6.07) is 7.86. The Morgan fingerprint density at radius 3 is 2.56 bits per heavy atom. The molecular formula is C23H23F3N6O2. The summed E-state index contributed by atoms with van der Waals surface area (Å²) in [4.78, 5) is 17.7. The molecule has 0 spiro atoms. The number of nitrogens with two attached hydrogens (primary N) is 1. The molecule has 1 aliphatic carbocycles. The zero-order valence-electron chi connectivity index (χ0n) is 18.6. The van der Waals surface area contributed by atoms with Gasteiger partial charge in [0.2, 0.25) is 5.89 Å². The molecule has 0 amide bonds. The third kappa shape index (κ3) is 3.69. The van der Waals surface area contributed by atoms with Crippen LogP contribution in [0.15, 0.2) is 39.5 Å². The molecule has 5 rings (SSSR count). The first-order valence-corrected chi connectivity index (χ1v) is 11.0. The van der Waals surface area contributed by atoms with Gasteiger partial charge in [-0.05, 0) is 37.7 Å². The third-order valence-electron chi connectivity index (χ3n) is 6.44. The molecule has 3 N–H and O–H groups in total. The summed E-state index contributed by atoms with van der Waals surface area (Å²) in [6.45, 7) is 3.67. The van der Waals surface area contributed by atoms with Crippen LogP contribution in [0.25, 0.3) is 28.2 Å². The summed E-state index contributed by atoms with van der Waals surface area (Å²) in [5, 5.41) is 10.3. The number of aromatic amines is 1. The lowest BCUT2D eigenvalue weighted by molar-refractivity contribution is -0.140. The Morgan fingerprint density at radius 2 is 1.88 bits per heavy atom. The topological polar surface area (TPSA) is 115 Å². The SMILES string of the molecule is Cc1nc2c(-c3ccccc3)c(C(F)(F)F)[nH]n2c(=O)c1-c1nnc(C2CCC(C)CC2N)o1. The van der Waals surface area contributed by atoms with Crippen molar-refractivity contribution in [2.45, 2.75) is 51.2 Å². The van der Waals surface area contributed by atoms with Crippen molar-refractivity contribution >= 4 is 5.65 Å². The Hall–Kier alpha value is -3.47. The molecule has 0 radical (unpaired) electrons. The van der Waals surface area contributed by atoms with E-state index in [-0.39, 0.29) is 45.9 Å². The van der Waals surface area contributed by atoms with Gasteiger partial charge in [0, 0.05) is 6.04 Å². The molecule has 3 aromatic heterocycles. The van der Waals surface area contributed by atoms with Gasteiger partial charge in [-0.3, -0.25) is 9.89 Å². The number of nitrogens with one attached hydrogen (secondary N) is 1. The highest BCUT2D eigenvalue weighted by Gasteiger charge is 2.39. The molecular weight excluding hydrogens is 449 g/mol.